The van der Waals surface area contributed by atoms with Crippen molar-refractivity contribution in [2.24, 2.45) is 0 Å². The van der Waals surface area contributed by atoms with Gasteiger partial charge in [-0.05, 0) is 41.2 Å². The maximum atomic E-state index is 11.5. The molecule has 0 aromatic rings. The maximum Gasteiger partial charge on any atom is 0.268 e. The Hall–Kier alpha value is -0.130. The molecule has 0 heterocycles. The molecule has 5 heteroatoms. The Balaban J connectivity index is 4.33. The summed E-state index contributed by atoms with van der Waals surface area (Å²) in [4.78, 5) is 2.12. The van der Waals surface area contributed by atoms with Crippen LogP contribution < -0.4 is 0 Å². The van der Waals surface area contributed by atoms with E-state index in [0.29, 0.717) is 6.54 Å². The molecule has 0 unspecified atom stereocenters. The first-order valence-electron chi connectivity index (χ1n) is 5.74. The van der Waals surface area contributed by atoms with Gasteiger partial charge in [-0.3, -0.25) is 9.08 Å². The summed E-state index contributed by atoms with van der Waals surface area (Å²) in [6.45, 7) is 13.0. The van der Waals surface area contributed by atoms with Crippen LogP contribution in [-0.4, -0.2) is 43.8 Å². The van der Waals surface area contributed by atoms with Gasteiger partial charge in [-0.15, -0.1) is 0 Å². The lowest BCUT2D eigenvalue weighted by Crippen LogP contribution is -2.43. The summed E-state index contributed by atoms with van der Waals surface area (Å²) >= 11 is 0. The lowest BCUT2D eigenvalue weighted by atomic mass is 10.1. The minimum atomic E-state index is -3.39. The van der Waals surface area contributed by atoms with Crippen LogP contribution in [0.15, 0.2) is 0 Å². The third-order valence-electron chi connectivity index (χ3n) is 2.28. The first-order chi connectivity index (χ1) is 7.08. The number of hydrogen-bond acceptors (Lipinski definition) is 4. The maximum absolute atomic E-state index is 11.5. The third-order valence-corrected chi connectivity index (χ3v) is 3.64. The number of rotatable bonds is 6. The van der Waals surface area contributed by atoms with Crippen molar-refractivity contribution in [2.75, 3.05) is 18.8 Å². The molecule has 0 aromatic carbocycles. The molecular formula is C11H25NO3S. The van der Waals surface area contributed by atoms with Gasteiger partial charge in [-0.1, -0.05) is 6.92 Å². The van der Waals surface area contributed by atoms with Crippen LogP contribution in [0.4, 0.5) is 0 Å². The van der Waals surface area contributed by atoms with Crippen LogP contribution in [0.25, 0.3) is 0 Å². The predicted molar refractivity (Wildman–Crippen MR) is 67.0 cm³/mol. The SMILES string of the molecule is CCN(CCS(=O)(=O)OC(C)C)C(C)(C)C. The van der Waals surface area contributed by atoms with Crippen LogP contribution in [0.3, 0.4) is 0 Å². The molecule has 0 fully saturated rings. The standard InChI is InChI=1S/C11H25NO3S/c1-7-12(11(4,5)6)8-9-16(13,14)15-10(2)3/h10H,7-9H2,1-6H3. The monoisotopic (exact) mass is 251 g/mol. The summed E-state index contributed by atoms with van der Waals surface area (Å²) in [5.74, 6) is 0.0519. The molecule has 98 valence electrons. The molecule has 0 saturated carbocycles. The summed E-state index contributed by atoms with van der Waals surface area (Å²) in [6, 6.07) is 0. The molecule has 0 radical (unpaired) electrons. The highest BCUT2D eigenvalue weighted by Gasteiger charge is 2.22. The number of hydrogen-bond donors (Lipinski definition) is 0. The molecule has 0 atom stereocenters. The van der Waals surface area contributed by atoms with Crippen molar-refractivity contribution in [3.05, 3.63) is 0 Å². The minimum Gasteiger partial charge on any atom is -0.298 e. The third kappa shape index (κ3) is 6.45. The molecule has 0 amide bonds. The first-order valence-corrected chi connectivity index (χ1v) is 7.32. The van der Waals surface area contributed by atoms with Crippen molar-refractivity contribution >= 4 is 10.1 Å². The van der Waals surface area contributed by atoms with Crippen LogP contribution >= 0.6 is 0 Å². The fourth-order valence-corrected chi connectivity index (χ4v) is 2.66. The Morgan fingerprint density at radius 3 is 2.06 bits per heavy atom. The second-order valence-electron chi connectivity index (χ2n) is 5.16. The van der Waals surface area contributed by atoms with Gasteiger partial charge in [0.2, 0.25) is 0 Å². The van der Waals surface area contributed by atoms with Gasteiger partial charge in [-0.25, -0.2) is 0 Å². The molecule has 0 saturated heterocycles. The van der Waals surface area contributed by atoms with E-state index in [4.69, 9.17) is 4.18 Å². The lowest BCUT2D eigenvalue weighted by molar-refractivity contribution is 0.152. The zero-order chi connectivity index (χ0) is 13.0. The fraction of sp³-hybridized carbons (Fsp3) is 1.00. The van der Waals surface area contributed by atoms with E-state index < -0.39 is 10.1 Å². The van der Waals surface area contributed by atoms with Gasteiger partial charge in [-0.2, -0.15) is 8.42 Å². The molecule has 4 nitrogen and oxygen atoms in total. The van der Waals surface area contributed by atoms with Crippen molar-refractivity contribution in [1.82, 2.24) is 4.90 Å². The van der Waals surface area contributed by atoms with Crippen molar-refractivity contribution < 1.29 is 12.6 Å². The van der Waals surface area contributed by atoms with E-state index in [1.54, 1.807) is 13.8 Å². The van der Waals surface area contributed by atoms with E-state index >= 15 is 0 Å². The molecule has 16 heavy (non-hydrogen) atoms. The molecule has 0 aliphatic rings. The van der Waals surface area contributed by atoms with Crippen LogP contribution in [0.1, 0.15) is 41.5 Å². The zero-order valence-corrected chi connectivity index (χ0v) is 12.1. The molecule has 0 bridgehead atoms. The molecular weight excluding hydrogens is 226 g/mol. The van der Waals surface area contributed by atoms with Crippen molar-refractivity contribution in [3.8, 4) is 0 Å². The van der Waals surface area contributed by atoms with Gasteiger partial charge in [0.05, 0.1) is 11.9 Å². The summed E-state index contributed by atoms with van der Waals surface area (Å²) in [5, 5.41) is 0. The van der Waals surface area contributed by atoms with Crippen LogP contribution in [0.2, 0.25) is 0 Å². The Labute approximate surface area is 100 Å². The quantitative estimate of drug-likeness (QED) is 0.676. The van der Waals surface area contributed by atoms with Crippen molar-refractivity contribution in [3.63, 3.8) is 0 Å². The molecule has 0 spiro atoms. The normalized spacial score (nSPS) is 13.8. The Morgan fingerprint density at radius 2 is 1.75 bits per heavy atom. The molecule has 0 rings (SSSR count). The van der Waals surface area contributed by atoms with Gasteiger partial charge >= 0.3 is 0 Å². The van der Waals surface area contributed by atoms with Crippen LogP contribution in [0, 0.1) is 0 Å². The van der Waals surface area contributed by atoms with E-state index in [1.165, 1.54) is 0 Å². The Kier molecular flexibility index (Phi) is 5.93. The first kappa shape index (κ1) is 15.9. The highest BCUT2D eigenvalue weighted by atomic mass is 32.2. The molecule has 0 aliphatic heterocycles. The average molecular weight is 251 g/mol. The smallest absolute Gasteiger partial charge is 0.268 e. The van der Waals surface area contributed by atoms with E-state index in [9.17, 15) is 8.42 Å². The van der Waals surface area contributed by atoms with E-state index in [2.05, 4.69) is 25.7 Å². The summed E-state index contributed by atoms with van der Waals surface area (Å²) in [7, 11) is -3.39. The second-order valence-corrected chi connectivity index (χ2v) is 6.87. The van der Waals surface area contributed by atoms with Crippen molar-refractivity contribution in [1.29, 1.82) is 0 Å². The predicted octanol–water partition coefficient (Wildman–Crippen LogP) is 1.86. The van der Waals surface area contributed by atoms with Gasteiger partial charge in [0, 0.05) is 12.1 Å². The molecule has 0 aromatic heterocycles. The summed E-state index contributed by atoms with van der Waals surface area (Å²) in [5.41, 5.74) is -0.0118. The zero-order valence-electron chi connectivity index (χ0n) is 11.3. The molecule has 0 N–H and O–H groups in total. The highest BCUT2D eigenvalue weighted by Crippen LogP contribution is 2.13. The van der Waals surface area contributed by atoms with Gasteiger partial charge in [0.15, 0.2) is 0 Å². The summed E-state index contributed by atoms with van der Waals surface area (Å²) in [6.07, 6.45) is -0.283. The van der Waals surface area contributed by atoms with Gasteiger partial charge in [0.1, 0.15) is 0 Å². The average Bonchev–Trinajstić information content (AvgIpc) is 1.99. The largest absolute Gasteiger partial charge is 0.298 e. The van der Waals surface area contributed by atoms with Crippen molar-refractivity contribution in [2.45, 2.75) is 53.2 Å². The van der Waals surface area contributed by atoms with Gasteiger partial charge < -0.3 is 0 Å². The second kappa shape index (κ2) is 5.98. The highest BCUT2D eigenvalue weighted by molar-refractivity contribution is 7.86. The fourth-order valence-electron chi connectivity index (χ4n) is 1.53. The topological polar surface area (TPSA) is 46.6 Å². The van der Waals surface area contributed by atoms with Crippen LogP contribution in [0.5, 0.6) is 0 Å². The van der Waals surface area contributed by atoms with E-state index in [0.717, 1.165) is 6.54 Å². The van der Waals surface area contributed by atoms with Crippen LogP contribution in [-0.2, 0) is 14.3 Å². The molecule has 0 aliphatic carbocycles. The summed E-state index contributed by atoms with van der Waals surface area (Å²) < 4.78 is 28.0. The van der Waals surface area contributed by atoms with Gasteiger partial charge in [0.25, 0.3) is 10.1 Å². The van der Waals surface area contributed by atoms with E-state index in [-0.39, 0.29) is 17.4 Å². The minimum absolute atomic E-state index is 0.0118. The Bertz CT molecular complexity index is 291. The lowest BCUT2D eigenvalue weighted by Gasteiger charge is -2.34. The van der Waals surface area contributed by atoms with E-state index in [1.807, 2.05) is 6.92 Å². The Morgan fingerprint density at radius 1 is 1.25 bits per heavy atom. The number of nitrogens with zero attached hydrogens (tertiary/aromatic N) is 1.